The van der Waals surface area contributed by atoms with Gasteiger partial charge in [0.25, 0.3) is 11.6 Å². The van der Waals surface area contributed by atoms with Crippen molar-refractivity contribution in [1.29, 1.82) is 0 Å². The van der Waals surface area contributed by atoms with Crippen molar-refractivity contribution in [3.63, 3.8) is 0 Å². The van der Waals surface area contributed by atoms with Crippen LogP contribution in [0.5, 0.6) is 0 Å². The summed E-state index contributed by atoms with van der Waals surface area (Å²) < 4.78 is 40.1. The number of para-hydroxylation sites is 1. The van der Waals surface area contributed by atoms with E-state index in [1.165, 1.54) is 0 Å². The minimum absolute atomic E-state index is 0.687. The zero-order valence-corrected chi connectivity index (χ0v) is 10.3. The molecule has 0 aliphatic carbocycles. The number of carbonyl (C=O) groups excluding carboxylic acids is 1. The van der Waals surface area contributed by atoms with E-state index in [1.807, 2.05) is 5.32 Å². The summed E-state index contributed by atoms with van der Waals surface area (Å²) in [5, 5.41) is 12.6. The van der Waals surface area contributed by atoms with E-state index in [9.17, 15) is 28.1 Å². The maximum atomic E-state index is 13.6. The largest absolute Gasteiger partial charge is 0.314 e. The van der Waals surface area contributed by atoms with E-state index in [4.69, 9.17) is 0 Å². The molecule has 0 aromatic heterocycles. The summed E-state index contributed by atoms with van der Waals surface area (Å²) in [5.74, 6) is -4.94. The molecule has 0 heterocycles. The molecule has 5 nitrogen and oxygen atoms in total. The van der Waals surface area contributed by atoms with Crippen molar-refractivity contribution in [2.75, 3.05) is 5.32 Å². The molecule has 0 aliphatic rings. The average molecular weight is 296 g/mol. The van der Waals surface area contributed by atoms with Gasteiger partial charge in [-0.05, 0) is 18.2 Å². The summed E-state index contributed by atoms with van der Waals surface area (Å²) in [4.78, 5) is 21.7. The van der Waals surface area contributed by atoms with Crippen LogP contribution < -0.4 is 5.32 Å². The number of nitro benzene ring substituents is 1. The monoisotopic (exact) mass is 296 g/mol. The summed E-state index contributed by atoms with van der Waals surface area (Å²) in [6.07, 6.45) is 0. The fourth-order valence-corrected chi connectivity index (χ4v) is 1.65. The van der Waals surface area contributed by atoms with Crippen LogP contribution in [0.25, 0.3) is 0 Å². The molecule has 108 valence electrons. The molecule has 2 rings (SSSR count). The van der Waals surface area contributed by atoms with Crippen LogP contribution in [0.2, 0.25) is 0 Å². The Kier molecular flexibility index (Phi) is 3.88. The van der Waals surface area contributed by atoms with Gasteiger partial charge < -0.3 is 5.32 Å². The van der Waals surface area contributed by atoms with Gasteiger partial charge in [0.15, 0.2) is 23.1 Å². The van der Waals surface area contributed by atoms with Crippen molar-refractivity contribution < 1.29 is 22.9 Å². The van der Waals surface area contributed by atoms with Crippen LogP contribution in [-0.4, -0.2) is 10.8 Å². The van der Waals surface area contributed by atoms with Crippen LogP contribution in [0.4, 0.5) is 24.5 Å². The number of nitro groups is 1. The number of carbonyl (C=O) groups is 1. The van der Waals surface area contributed by atoms with Gasteiger partial charge in [-0.1, -0.05) is 12.1 Å². The number of halogens is 3. The Morgan fingerprint density at radius 1 is 1.05 bits per heavy atom. The number of nitrogens with one attached hydrogen (secondary N) is 1. The summed E-state index contributed by atoms with van der Waals surface area (Å²) in [7, 11) is 0. The standard InChI is InChI=1S/C13H7F3N2O3/c14-8-4-1-3-7(11(8)16)13(19)17-12-9(15)5-2-6-10(12)18(20)21/h1-6H,(H,17,19). The first-order valence-electron chi connectivity index (χ1n) is 5.60. The van der Waals surface area contributed by atoms with E-state index >= 15 is 0 Å². The van der Waals surface area contributed by atoms with Crippen LogP contribution in [0, 0.1) is 27.6 Å². The lowest BCUT2D eigenvalue weighted by Crippen LogP contribution is -2.16. The van der Waals surface area contributed by atoms with Crippen molar-refractivity contribution in [2.45, 2.75) is 0 Å². The van der Waals surface area contributed by atoms with Gasteiger partial charge in [0, 0.05) is 6.07 Å². The Balaban J connectivity index is 2.41. The second-order valence-electron chi connectivity index (χ2n) is 3.95. The molecule has 0 radical (unpaired) electrons. The molecule has 8 heteroatoms. The van der Waals surface area contributed by atoms with Gasteiger partial charge in [-0.15, -0.1) is 0 Å². The molecule has 2 aromatic rings. The molecule has 1 N–H and O–H groups in total. The lowest BCUT2D eigenvalue weighted by Gasteiger charge is -2.08. The molecule has 0 saturated carbocycles. The Morgan fingerprint density at radius 2 is 1.67 bits per heavy atom. The summed E-state index contributed by atoms with van der Waals surface area (Å²) >= 11 is 0. The second kappa shape index (κ2) is 5.61. The van der Waals surface area contributed by atoms with Crippen molar-refractivity contribution in [3.05, 3.63) is 69.5 Å². The molecular weight excluding hydrogens is 289 g/mol. The number of amides is 1. The molecule has 2 aromatic carbocycles. The normalized spacial score (nSPS) is 10.2. The number of hydrogen-bond donors (Lipinski definition) is 1. The third kappa shape index (κ3) is 2.83. The zero-order valence-electron chi connectivity index (χ0n) is 10.3. The summed E-state index contributed by atoms with van der Waals surface area (Å²) in [6.45, 7) is 0. The first-order valence-corrected chi connectivity index (χ1v) is 5.60. The highest BCUT2D eigenvalue weighted by Gasteiger charge is 2.22. The predicted molar refractivity (Wildman–Crippen MR) is 67.4 cm³/mol. The van der Waals surface area contributed by atoms with Gasteiger partial charge in [0.05, 0.1) is 10.5 Å². The highest BCUT2D eigenvalue weighted by atomic mass is 19.2. The van der Waals surface area contributed by atoms with Gasteiger partial charge in [0.1, 0.15) is 0 Å². The van der Waals surface area contributed by atoms with Crippen LogP contribution in [0.15, 0.2) is 36.4 Å². The number of anilines is 1. The maximum Gasteiger partial charge on any atom is 0.295 e. The second-order valence-corrected chi connectivity index (χ2v) is 3.95. The van der Waals surface area contributed by atoms with Crippen molar-refractivity contribution in [3.8, 4) is 0 Å². The minimum Gasteiger partial charge on any atom is -0.314 e. The van der Waals surface area contributed by atoms with E-state index in [0.717, 1.165) is 36.4 Å². The van der Waals surface area contributed by atoms with Gasteiger partial charge in [-0.2, -0.15) is 0 Å². The van der Waals surface area contributed by atoms with Gasteiger partial charge in [-0.25, -0.2) is 13.2 Å². The number of nitrogens with zero attached hydrogens (tertiary/aromatic N) is 1. The molecule has 1 amide bonds. The molecule has 21 heavy (non-hydrogen) atoms. The molecule has 0 saturated heterocycles. The number of rotatable bonds is 3. The molecule has 0 aliphatic heterocycles. The van der Waals surface area contributed by atoms with Gasteiger partial charge in [-0.3, -0.25) is 14.9 Å². The fourth-order valence-electron chi connectivity index (χ4n) is 1.65. The highest BCUT2D eigenvalue weighted by molar-refractivity contribution is 6.05. The first-order chi connectivity index (χ1) is 9.91. The maximum absolute atomic E-state index is 13.6. The van der Waals surface area contributed by atoms with Crippen LogP contribution >= 0.6 is 0 Å². The van der Waals surface area contributed by atoms with E-state index in [2.05, 4.69) is 0 Å². The molecule has 0 atom stereocenters. The van der Waals surface area contributed by atoms with E-state index in [1.54, 1.807) is 0 Å². The van der Waals surface area contributed by atoms with Crippen LogP contribution in [0.1, 0.15) is 10.4 Å². The minimum atomic E-state index is -1.42. The first kappa shape index (κ1) is 14.5. The summed E-state index contributed by atoms with van der Waals surface area (Å²) in [5.41, 5.74) is -2.09. The predicted octanol–water partition coefficient (Wildman–Crippen LogP) is 3.26. The molecular formula is C13H7F3N2O3. The Labute approximate surface area is 116 Å². The van der Waals surface area contributed by atoms with Crippen LogP contribution in [0.3, 0.4) is 0 Å². The fraction of sp³-hybridized carbons (Fsp3) is 0. The van der Waals surface area contributed by atoms with Crippen molar-refractivity contribution >= 4 is 17.3 Å². The Morgan fingerprint density at radius 3 is 2.33 bits per heavy atom. The SMILES string of the molecule is O=C(Nc1c(F)cccc1[N+](=O)[O-])c1cccc(F)c1F. The highest BCUT2D eigenvalue weighted by Crippen LogP contribution is 2.27. The average Bonchev–Trinajstić information content (AvgIpc) is 2.43. The third-order valence-electron chi connectivity index (χ3n) is 2.62. The van der Waals surface area contributed by atoms with Gasteiger partial charge in [0.2, 0.25) is 0 Å². The molecule has 0 unspecified atom stereocenters. The van der Waals surface area contributed by atoms with E-state index in [0.29, 0.717) is 0 Å². The summed E-state index contributed by atoms with van der Waals surface area (Å²) in [6, 6.07) is 5.82. The van der Waals surface area contributed by atoms with Gasteiger partial charge >= 0.3 is 0 Å². The van der Waals surface area contributed by atoms with Crippen molar-refractivity contribution in [1.82, 2.24) is 0 Å². The molecule has 0 spiro atoms. The smallest absolute Gasteiger partial charge is 0.295 e. The number of benzene rings is 2. The topological polar surface area (TPSA) is 72.2 Å². The zero-order chi connectivity index (χ0) is 15.6. The molecule has 0 fully saturated rings. The van der Waals surface area contributed by atoms with E-state index < -0.39 is 45.2 Å². The third-order valence-corrected chi connectivity index (χ3v) is 2.62. The van der Waals surface area contributed by atoms with Crippen LogP contribution in [-0.2, 0) is 0 Å². The Bertz CT molecular complexity index is 735. The lowest BCUT2D eigenvalue weighted by atomic mass is 10.1. The molecule has 0 bridgehead atoms. The van der Waals surface area contributed by atoms with E-state index in [-0.39, 0.29) is 0 Å². The van der Waals surface area contributed by atoms with Crippen molar-refractivity contribution in [2.24, 2.45) is 0 Å². The quantitative estimate of drug-likeness (QED) is 0.698. The lowest BCUT2D eigenvalue weighted by molar-refractivity contribution is -0.384. The Hall–Kier alpha value is -2.90. The number of hydrogen-bond acceptors (Lipinski definition) is 3.